The van der Waals surface area contributed by atoms with Gasteiger partial charge in [-0.25, -0.2) is 0 Å². The highest BCUT2D eigenvalue weighted by Crippen LogP contribution is 2.21. The highest BCUT2D eigenvalue weighted by molar-refractivity contribution is 6.31. The molecular formula is C13H23ClN4O. The van der Waals surface area contributed by atoms with Gasteiger partial charge in [0.05, 0.1) is 23.0 Å². The van der Waals surface area contributed by atoms with Crippen LogP contribution >= 0.6 is 11.6 Å². The molecule has 1 aromatic heterocycles. The zero-order chi connectivity index (χ0) is 13.8. The number of aliphatic hydroxyl groups is 1. The summed E-state index contributed by atoms with van der Waals surface area (Å²) >= 11 is 6.30. The summed E-state index contributed by atoms with van der Waals surface area (Å²) in [6, 6.07) is 0. The second-order valence-corrected chi connectivity index (χ2v) is 5.54. The molecule has 0 amide bonds. The minimum atomic E-state index is 0.243. The Morgan fingerprint density at radius 2 is 1.89 bits per heavy atom. The Hall–Kier alpha value is -0.620. The number of aryl methyl sites for hydroxylation is 2. The van der Waals surface area contributed by atoms with Gasteiger partial charge in [-0.15, -0.1) is 0 Å². The standard InChI is InChI=1S/C13H23ClN4O/c1-11-13(14)12(16(2)15-11)10-18-5-3-4-17(6-7-18)8-9-19/h19H,3-10H2,1-2H3. The lowest BCUT2D eigenvalue weighted by Gasteiger charge is -2.21. The van der Waals surface area contributed by atoms with E-state index in [4.69, 9.17) is 16.7 Å². The quantitative estimate of drug-likeness (QED) is 0.893. The van der Waals surface area contributed by atoms with Crippen molar-refractivity contribution in [2.45, 2.75) is 19.9 Å². The molecule has 1 aromatic rings. The number of aromatic nitrogens is 2. The molecular weight excluding hydrogens is 264 g/mol. The lowest BCUT2D eigenvalue weighted by atomic mass is 10.3. The normalized spacial score (nSPS) is 18.7. The maximum absolute atomic E-state index is 9.00. The maximum Gasteiger partial charge on any atom is 0.0860 e. The summed E-state index contributed by atoms with van der Waals surface area (Å²) in [5, 5.41) is 14.2. The first-order valence-corrected chi connectivity index (χ1v) is 7.23. The zero-order valence-electron chi connectivity index (χ0n) is 11.8. The summed E-state index contributed by atoms with van der Waals surface area (Å²) in [6.07, 6.45) is 1.13. The van der Waals surface area contributed by atoms with Gasteiger partial charge in [0, 0.05) is 33.2 Å². The van der Waals surface area contributed by atoms with E-state index < -0.39 is 0 Å². The lowest BCUT2D eigenvalue weighted by molar-refractivity contribution is 0.195. The number of β-amino-alcohol motifs (C(OH)–C–C–N with tert-alkyl or cyclic N) is 1. The van der Waals surface area contributed by atoms with Gasteiger partial charge in [0.2, 0.25) is 0 Å². The third-order valence-corrected chi connectivity index (χ3v) is 4.22. The Morgan fingerprint density at radius 1 is 1.21 bits per heavy atom. The summed E-state index contributed by atoms with van der Waals surface area (Å²) in [6.45, 7) is 7.97. The maximum atomic E-state index is 9.00. The number of hydrogen-bond acceptors (Lipinski definition) is 4. The van der Waals surface area contributed by atoms with Gasteiger partial charge in [0.15, 0.2) is 0 Å². The molecule has 1 aliphatic heterocycles. The van der Waals surface area contributed by atoms with Crippen LogP contribution in [0.15, 0.2) is 0 Å². The molecule has 0 aliphatic carbocycles. The van der Waals surface area contributed by atoms with Gasteiger partial charge in [0.1, 0.15) is 0 Å². The van der Waals surface area contributed by atoms with Crippen molar-refractivity contribution in [3.8, 4) is 0 Å². The predicted octanol–water partition coefficient (Wildman–Crippen LogP) is 0.882. The summed E-state index contributed by atoms with van der Waals surface area (Å²) in [5.74, 6) is 0. The van der Waals surface area contributed by atoms with Crippen LogP contribution in [0.1, 0.15) is 17.8 Å². The number of nitrogens with zero attached hydrogens (tertiary/aromatic N) is 4. The van der Waals surface area contributed by atoms with Gasteiger partial charge in [-0.1, -0.05) is 11.6 Å². The molecule has 19 heavy (non-hydrogen) atoms. The minimum Gasteiger partial charge on any atom is -0.395 e. The summed E-state index contributed by atoms with van der Waals surface area (Å²) in [5.41, 5.74) is 1.99. The Morgan fingerprint density at radius 3 is 2.53 bits per heavy atom. The van der Waals surface area contributed by atoms with Gasteiger partial charge in [-0.3, -0.25) is 14.5 Å². The molecule has 0 radical (unpaired) electrons. The molecule has 0 spiro atoms. The first-order valence-electron chi connectivity index (χ1n) is 6.85. The monoisotopic (exact) mass is 286 g/mol. The van der Waals surface area contributed by atoms with Crippen molar-refractivity contribution in [1.82, 2.24) is 19.6 Å². The minimum absolute atomic E-state index is 0.243. The topological polar surface area (TPSA) is 44.5 Å². The van der Waals surface area contributed by atoms with E-state index in [1.54, 1.807) is 0 Å². The van der Waals surface area contributed by atoms with Crippen LogP contribution < -0.4 is 0 Å². The first kappa shape index (κ1) is 14.8. The Bertz CT molecular complexity index is 421. The molecule has 2 heterocycles. The molecule has 1 saturated heterocycles. The second-order valence-electron chi connectivity index (χ2n) is 5.16. The van der Waals surface area contributed by atoms with Crippen molar-refractivity contribution < 1.29 is 5.11 Å². The van der Waals surface area contributed by atoms with E-state index in [2.05, 4.69) is 14.9 Å². The van der Waals surface area contributed by atoms with E-state index in [-0.39, 0.29) is 6.61 Å². The van der Waals surface area contributed by atoms with Gasteiger partial charge in [-0.05, 0) is 26.4 Å². The molecule has 1 fully saturated rings. The van der Waals surface area contributed by atoms with Gasteiger partial charge in [-0.2, -0.15) is 5.10 Å². The number of aliphatic hydroxyl groups excluding tert-OH is 1. The van der Waals surface area contributed by atoms with E-state index >= 15 is 0 Å². The Balaban J connectivity index is 1.96. The summed E-state index contributed by atoms with van der Waals surface area (Å²) in [4.78, 5) is 4.73. The zero-order valence-corrected chi connectivity index (χ0v) is 12.5. The number of halogens is 1. The van der Waals surface area contributed by atoms with Crippen molar-refractivity contribution in [1.29, 1.82) is 0 Å². The van der Waals surface area contributed by atoms with Crippen molar-refractivity contribution >= 4 is 11.6 Å². The van der Waals surface area contributed by atoms with Crippen molar-refractivity contribution in [3.05, 3.63) is 16.4 Å². The molecule has 0 unspecified atom stereocenters. The fraction of sp³-hybridized carbons (Fsp3) is 0.769. The molecule has 6 heteroatoms. The van der Waals surface area contributed by atoms with Crippen molar-refractivity contribution in [2.24, 2.45) is 7.05 Å². The highest BCUT2D eigenvalue weighted by Gasteiger charge is 2.18. The van der Waals surface area contributed by atoms with Crippen LogP contribution in [0.5, 0.6) is 0 Å². The SMILES string of the molecule is Cc1nn(C)c(CN2CCCN(CCO)CC2)c1Cl. The smallest absolute Gasteiger partial charge is 0.0860 e. The van der Waals surface area contributed by atoms with E-state index in [1.807, 2.05) is 18.7 Å². The van der Waals surface area contributed by atoms with Crippen LogP contribution in [-0.4, -0.2) is 64.0 Å². The summed E-state index contributed by atoms with van der Waals surface area (Å²) < 4.78 is 1.88. The van der Waals surface area contributed by atoms with Crippen LogP contribution in [-0.2, 0) is 13.6 Å². The third kappa shape index (κ3) is 3.69. The molecule has 2 rings (SSSR count). The van der Waals surface area contributed by atoms with Gasteiger partial charge in [0.25, 0.3) is 0 Å². The lowest BCUT2D eigenvalue weighted by Crippen LogP contribution is -2.32. The third-order valence-electron chi connectivity index (χ3n) is 3.73. The van der Waals surface area contributed by atoms with Gasteiger partial charge < -0.3 is 5.11 Å². The number of hydrogen-bond donors (Lipinski definition) is 1. The fourth-order valence-corrected chi connectivity index (χ4v) is 2.83. The van der Waals surface area contributed by atoms with E-state index in [0.29, 0.717) is 0 Å². The predicted molar refractivity (Wildman–Crippen MR) is 76.4 cm³/mol. The van der Waals surface area contributed by atoms with Crippen LogP contribution in [0.25, 0.3) is 0 Å². The highest BCUT2D eigenvalue weighted by atomic mass is 35.5. The number of rotatable bonds is 4. The Labute approximate surface area is 119 Å². The van der Waals surface area contributed by atoms with Crippen LogP contribution in [0.4, 0.5) is 0 Å². The van der Waals surface area contributed by atoms with Crippen molar-refractivity contribution in [2.75, 3.05) is 39.3 Å². The Kier molecular flexibility index (Phi) is 5.21. The second kappa shape index (κ2) is 6.70. The van der Waals surface area contributed by atoms with E-state index in [0.717, 1.165) is 62.1 Å². The molecule has 1 N–H and O–H groups in total. The molecule has 1 aliphatic rings. The van der Waals surface area contributed by atoms with E-state index in [1.165, 1.54) is 0 Å². The van der Waals surface area contributed by atoms with E-state index in [9.17, 15) is 0 Å². The largest absolute Gasteiger partial charge is 0.395 e. The average molecular weight is 287 g/mol. The van der Waals surface area contributed by atoms with Gasteiger partial charge >= 0.3 is 0 Å². The molecule has 0 bridgehead atoms. The van der Waals surface area contributed by atoms with Crippen LogP contribution in [0.2, 0.25) is 5.02 Å². The summed E-state index contributed by atoms with van der Waals surface area (Å²) in [7, 11) is 1.95. The van der Waals surface area contributed by atoms with Crippen molar-refractivity contribution in [3.63, 3.8) is 0 Å². The van der Waals surface area contributed by atoms with Crippen LogP contribution in [0, 0.1) is 6.92 Å². The first-order chi connectivity index (χ1) is 9.11. The molecule has 0 aromatic carbocycles. The molecule has 5 nitrogen and oxygen atoms in total. The molecule has 108 valence electrons. The molecule has 0 saturated carbocycles. The fourth-order valence-electron chi connectivity index (χ4n) is 2.61. The average Bonchev–Trinajstić information content (AvgIpc) is 2.58. The molecule has 0 atom stereocenters. The van der Waals surface area contributed by atoms with Crippen LogP contribution in [0.3, 0.4) is 0 Å².